The van der Waals surface area contributed by atoms with Crippen LogP contribution in [0, 0.1) is 0 Å². The molecule has 0 aliphatic rings. The largest absolute Gasteiger partial charge is 0.478 e. The van der Waals surface area contributed by atoms with Crippen LogP contribution in [0.2, 0.25) is 0 Å². The second-order valence-electron chi connectivity index (χ2n) is 5.76. The Kier molecular flexibility index (Phi) is 6.27. The normalized spacial score (nSPS) is 11.3. The third-order valence-electron chi connectivity index (χ3n) is 3.65. The first kappa shape index (κ1) is 19.6. The van der Waals surface area contributed by atoms with Crippen molar-refractivity contribution in [3.63, 3.8) is 0 Å². The average Bonchev–Trinajstić information content (AvgIpc) is 2.61. The van der Waals surface area contributed by atoms with Crippen LogP contribution in [0.25, 0.3) is 0 Å². The molecule has 0 aromatic heterocycles. The Morgan fingerprint density at radius 1 is 1.07 bits per heavy atom. The average molecular weight is 370 g/mol. The number of primary amides is 1. The summed E-state index contributed by atoms with van der Waals surface area (Å²) >= 11 is 0. The van der Waals surface area contributed by atoms with Crippen LogP contribution in [0.4, 0.5) is 0 Å². The van der Waals surface area contributed by atoms with E-state index in [0.29, 0.717) is 5.56 Å². The lowest BCUT2D eigenvalue weighted by Crippen LogP contribution is -2.45. The number of hydrogen-bond donors (Lipinski definition) is 3. The number of nitrogens with one attached hydrogen (secondary N) is 1. The van der Waals surface area contributed by atoms with Gasteiger partial charge in [-0.15, -0.1) is 0 Å². The van der Waals surface area contributed by atoms with Crippen molar-refractivity contribution >= 4 is 23.8 Å². The lowest BCUT2D eigenvalue weighted by Gasteiger charge is -2.16. The van der Waals surface area contributed by atoms with Gasteiger partial charge < -0.3 is 20.9 Å². The minimum atomic E-state index is -1.06. The molecule has 0 aliphatic carbocycles. The number of esters is 1. The number of carbonyl (C=O) groups excluding carboxylic acids is 3. The standard InChI is InChI=1S/C19H18N2O6/c1-11(22)27-15-4-2-3-14(10-15)18(24)21-16(17(20)23)9-12-5-7-13(8-6-12)19(25)26/h2-8,10,16H,9H2,1H3,(H2,20,23)(H,21,24)(H,25,26)/t16-/m0/s1. The summed E-state index contributed by atoms with van der Waals surface area (Å²) in [5, 5.41) is 11.4. The molecule has 0 heterocycles. The fourth-order valence-electron chi connectivity index (χ4n) is 2.35. The van der Waals surface area contributed by atoms with E-state index in [1.54, 1.807) is 12.1 Å². The highest BCUT2D eigenvalue weighted by molar-refractivity contribution is 5.97. The number of benzene rings is 2. The predicted octanol–water partition coefficient (Wildman–Crippen LogP) is 1.14. The summed E-state index contributed by atoms with van der Waals surface area (Å²) in [6.07, 6.45) is 0.102. The smallest absolute Gasteiger partial charge is 0.335 e. The lowest BCUT2D eigenvalue weighted by molar-refractivity contribution is -0.131. The SMILES string of the molecule is CC(=O)Oc1cccc(C(=O)N[C@@H](Cc2ccc(C(=O)O)cc2)C(N)=O)c1. The van der Waals surface area contributed by atoms with E-state index < -0.39 is 29.8 Å². The quantitative estimate of drug-likeness (QED) is 0.494. The van der Waals surface area contributed by atoms with Crippen LogP contribution in [0.15, 0.2) is 48.5 Å². The van der Waals surface area contributed by atoms with Crippen LogP contribution in [-0.2, 0) is 16.0 Å². The second-order valence-corrected chi connectivity index (χ2v) is 5.76. The maximum Gasteiger partial charge on any atom is 0.335 e. The van der Waals surface area contributed by atoms with Gasteiger partial charge in [0.15, 0.2) is 0 Å². The maximum atomic E-state index is 12.4. The minimum Gasteiger partial charge on any atom is -0.478 e. The van der Waals surface area contributed by atoms with Crippen molar-refractivity contribution in [2.24, 2.45) is 5.73 Å². The molecule has 0 spiro atoms. The summed E-state index contributed by atoms with van der Waals surface area (Å²) in [4.78, 5) is 46.0. The van der Waals surface area contributed by atoms with E-state index in [9.17, 15) is 19.2 Å². The molecule has 1 atom stereocenters. The number of rotatable bonds is 7. The molecule has 2 aromatic rings. The number of carbonyl (C=O) groups is 4. The molecule has 8 nitrogen and oxygen atoms in total. The molecule has 0 unspecified atom stereocenters. The molecular weight excluding hydrogens is 352 g/mol. The zero-order valence-electron chi connectivity index (χ0n) is 14.5. The van der Waals surface area contributed by atoms with Gasteiger partial charge in [-0.05, 0) is 35.9 Å². The molecule has 27 heavy (non-hydrogen) atoms. The van der Waals surface area contributed by atoms with Crippen LogP contribution >= 0.6 is 0 Å². The molecule has 140 valence electrons. The first-order valence-electron chi connectivity index (χ1n) is 7.97. The summed E-state index contributed by atoms with van der Waals surface area (Å²) < 4.78 is 4.93. The maximum absolute atomic E-state index is 12.4. The highest BCUT2D eigenvalue weighted by Crippen LogP contribution is 2.14. The van der Waals surface area contributed by atoms with E-state index in [-0.39, 0.29) is 23.3 Å². The molecule has 2 rings (SSSR count). The minimum absolute atomic E-state index is 0.102. The van der Waals surface area contributed by atoms with Crippen molar-refractivity contribution in [1.29, 1.82) is 0 Å². The molecule has 0 saturated carbocycles. The van der Waals surface area contributed by atoms with Crippen molar-refractivity contribution in [3.8, 4) is 5.75 Å². The number of amides is 2. The van der Waals surface area contributed by atoms with E-state index in [2.05, 4.69) is 5.32 Å². The molecule has 0 aliphatic heterocycles. The van der Waals surface area contributed by atoms with Gasteiger partial charge in [0.25, 0.3) is 5.91 Å². The number of aromatic carboxylic acids is 1. The number of hydrogen-bond acceptors (Lipinski definition) is 5. The van der Waals surface area contributed by atoms with Gasteiger partial charge in [-0.2, -0.15) is 0 Å². The summed E-state index contributed by atoms with van der Waals surface area (Å²) in [6, 6.07) is 10.8. The molecule has 0 bridgehead atoms. The summed E-state index contributed by atoms with van der Waals surface area (Å²) in [6.45, 7) is 1.24. The zero-order valence-corrected chi connectivity index (χ0v) is 14.5. The Labute approximate surface area is 154 Å². The molecule has 0 saturated heterocycles. The summed E-state index contributed by atoms with van der Waals surface area (Å²) in [7, 11) is 0. The number of nitrogens with two attached hydrogens (primary N) is 1. The van der Waals surface area contributed by atoms with Gasteiger partial charge in [0.1, 0.15) is 11.8 Å². The fourth-order valence-corrected chi connectivity index (χ4v) is 2.35. The van der Waals surface area contributed by atoms with Crippen LogP contribution in [0.3, 0.4) is 0 Å². The van der Waals surface area contributed by atoms with E-state index in [1.807, 2.05) is 0 Å². The number of carboxylic acid groups (broad SMARTS) is 1. The Balaban J connectivity index is 2.11. The van der Waals surface area contributed by atoms with Crippen LogP contribution < -0.4 is 15.8 Å². The van der Waals surface area contributed by atoms with Gasteiger partial charge in [-0.3, -0.25) is 14.4 Å². The van der Waals surface area contributed by atoms with Gasteiger partial charge in [0.05, 0.1) is 5.56 Å². The van der Waals surface area contributed by atoms with Gasteiger partial charge in [-0.25, -0.2) is 4.79 Å². The van der Waals surface area contributed by atoms with Crippen molar-refractivity contribution in [2.75, 3.05) is 0 Å². The molecule has 0 radical (unpaired) electrons. The van der Waals surface area contributed by atoms with Crippen molar-refractivity contribution in [3.05, 3.63) is 65.2 Å². The topological polar surface area (TPSA) is 136 Å². The number of ether oxygens (including phenoxy) is 1. The summed E-state index contributed by atoms with van der Waals surface area (Å²) in [5.74, 6) is -2.67. The van der Waals surface area contributed by atoms with Gasteiger partial charge >= 0.3 is 11.9 Å². The van der Waals surface area contributed by atoms with Crippen LogP contribution in [0.5, 0.6) is 5.75 Å². The van der Waals surface area contributed by atoms with Gasteiger partial charge in [0.2, 0.25) is 5.91 Å². The van der Waals surface area contributed by atoms with E-state index >= 15 is 0 Å². The first-order valence-corrected chi connectivity index (χ1v) is 7.97. The van der Waals surface area contributed by atoms with Gasteiger partial charge in [0, 0.05) is 18.9 Å². The molecule has 2 amide bonds. The van der Waals surface area contributed by atoms with Crippen molar-refractivity contribution in [1.82, 2.24) is 5.32 Å². The Morgan fingerprint density at radius 2 is 1.74 bits per heavy atom. The highest BCUT2D eigenvalue weighted by Gasteiger charge is 2.20. The van der Waals surface area contributed by atoms with Crippen LogP contribution in [0.1, 0.15) is 33.2 Å². The molecule has 8 heteroatoms. The summed E-state index contributed by atoms with van der Waals surface area (Å²) in [5.41, 5.74) is 6.31. The van der Waals surface area contributed by atoms with Crippen molar-refractivity contribution < 1.29 is 29.0 Å². The third-order valence-corrected chi connectivity index (χ3v) is 3.65. The van der Waals surface area contributed by atoms with Crippen LogP contribution in [-0.4, -0.2) is 34.9 Å². The third kappa shape index (κ3) is 5.67. The monoisotopic (exact) mass is 370 g/mol. The van der Waals surface area contributed by atoms with E-state index in [1.165, 1.54) is 43.3 Å². The second kappa shape index (κ2) is 8.61. The molecule has 4 N–H and O–H groups in total. The molecular formula is C19H18N2O6. The predicted molar refractivity (Wildman–Crippen MR) is 95.3 cm³/mol. The molecule has 2 aromatic carbocycles. The lowest BCUT2D eigenvalue weighted by atomic mass is 10.0. The fraction of sp³-hybridized carbons (Fsp3) is 0.158. The van der Waals surface area contributed by atoms with E-state index in [0.717, 1.165) is 0 Å². The Bertz CT molecular complexity index is 876. The Morgan fingerprint density at radius 3 is 2.30 bits per heavy atom. The van der Waals surface area contributed by atoms with E-state index in [4.69, 9.17) is 15.6 Å². The first-order chi connectivity index (χ1) is 12.8. The van der Waals surface area contributed by atoms with Gasteiger partial charge in [-0.1, -0.05) is 18.2 Å². The Hall–Kier alpha value is -3.68. The molecule has 0 fully saturated rings. The zero-order chi connectivity index (χ0) is 20.0. The highest BCUT2D eigenvalue weighted by atomic mass is 16.5. The number of carboxylic acids is 1. The van der Waals surface area contributed by atoms with Crippen molar-refractivity contribution in [2.45, 2.75) is 19.4 Å².